The molecule has 0 bridgehead atoms. The normalized spacial score (nSPS) is 15.7. The minimum Gasteiger partial charge on any atom is -0.312 e. The molecule has 1 aromatic carbocycles. The molecule has 0 aliphatic heterocycles. The van der Waals surface area contributed by atoms with Crippen LogP contribution >= 0.6 is 11.3 Å². The van der Waals surface area contributed by atoms with Gasteiger partial charge in [-0.15, -0.1) is 24.5 Å². The van der Waals surface area contributed by atoms with Crippen molar-refractivity contribution >= 4 is 32.3 Å². The number of carbonyl (C=O) groups excluding carboxylic acids is 1. The van der Waals surface area contributed by atoms with E-state index < -0.39 is 10.0 Å². The van der Waals surface area contributed by atoms with Crippen LogP contribution in [0.25, 0.3) is 0 Å². The summed E-state index contributed by atoms with van der Waals surface area (Å²) in [5, 5.41) is 13.0. The van der Waals surface area contributed by atoms with Crippen molar-refractivity contribution in [1.82, 2.24) is 4.31 Å². The van der Waals surface area contributed by atoms with Crippen molar-refractivity contribution in [2.24, 2.45) is 5.92 Å². The van der Waals surface area contributed by atoms with Gasteiger partial charge in [0.1, 0.15) is 11.1 Å². The van der Waals surface area contributed by atoms with Gasteiger partial charge in [-0.3, -0.25) is 4.79 Å². The third-order valence-corrected chi connectivity index (χ3v) is 8.29. The number of carbonyl (C=O) groups is 1. The average molecular weight is 456 g/mol. The molecule has 162 valence electrons. The fourth-order valence-electron chi connectivity index (χ4n) is 3.62. The van der Waals surface area contributed by atoms with Crippen LogP contribution in [0.1, 0.15) is 39.7 Å². The number of hydrogen-bond donors (Lipinski definition) is 1. The standard InChI is InChI=1S/C23H25N3O3S2/c1-4-12-26(13-5-2)31(28,29)18-9-7-17(8-10-18)22(27)25-23-20(15-24)19-11-6-16(3)14-21(19)30-23/h4-5,7-10,16H,1-2,6,11-14H2,3H3,(H,25,27)/t16-/m0/s1. The highest BCUT2D eigenvalue weighted by Gasteiger charge is 2.26. The zero-order valence-corrected chi connectivity index (χ0v) is 19.1. The third kappa shape index (κ3) is 4.79. The minimum absolute atomic E-state index is 0.0889. The number of hydrogen-bond acceptors (Lipinski definition) is 5. The molecular weight excluding hydrogens is 430 g/mol. The molecule has 0 radical (unpaired) electrons. The van der Waals surface area contributed by atoms with E-state index in [2.05, 4.69) is 31.5 Å². The van der Waals surface area contributed by atoms with Gasteiger partial charge < -0.3 is 5.32 Å². The van der Waals surface area contributed by atoms with Gasteiger partial charge in [-0.05, 0) is 55.0 Å². The van der Waals surface area contributed by atoms with Gasteiger partial charge in [0.15, 0.2) is 0 Å². The van der Waals surface area contributed by atoms with Crippen LogP contribution in [0.4, 0.5) is 5.00 Å². The lowest BCUT2D eigenvalue weighted by atomic mass is 9.88. The van der Waals surface area contributed by atoms with Gasteiger partial charge in [0.25, 0.3) is 5.91 Å². The maximum Gasteiger partial charge on any atom is 0.256 e. The van der Waals surface area contributed by atoms with Gasteiger partial charge in [0, 0.05) is 23.5 Å². The fraction of sp³-hybridized carbons (Fsp3) is 0.304. The maximum absolute atomic E-state index is 12.8. The van der Waals surface area contributed by atoms with Crippen molar-refractivity contribution in [3.63, 3.8) is 0 Å². The Morgan fingerprint density at radius 3 is 2.52 bits per heavy atom. The molecule has 31 heavy (non-hydrogen) atoms. The molecule has 0 saturated heterocycles. The Bertz CT molecular complexity index is 1130. The van der Waals surface area contributed by atoms with Crippen molar-refractivity contribution in [3.8, 4) is 6.07 Å². The summed E-state index contributed by atoms with van der Waals surface area (Å²) in [7, 11) is -3.73. The second kappa shape index (κ2) is 9.60. The van der Waals surface area contributed by atoms with Gasteiger partial charge in [-0.2, -0.15) is 9.57 Å². The molecule has 1 amide bonds. The second-order valence-electron chi connectivity index (χ2n) is 7.55. The van der Waals surface area contributed by atoms with E-state index >= 15 is 0 Å². The summed E-state index contributed by atoms with van der Waals surface area (Å²) in [6.45, 7) is 9.70. The lowest BCUT2D eigenvalue weighted by Crippen LogP contribution is -2.31. The number of nitriles is 1. The van der Waals surface area contributed by atoms with Crippen LogP contribution in [0.5, 0.6) is 0 Å². The number of thiophene rings is 1. The Hall–Kier alpha value is -2.73. The molecule has 6 nitrogen and oxygen atoms in total. The van der Waals surface area contributed by atoms with Crippen LogP contribution in [0.3, 0.4) is 0 Å². The molecule has 1 aliphatic carbocycles. The Morgan fingerprint density at radius 2 is 1.94 bits per heavy atom. The van der Waals surface area contributed by atoms with E-state index in [9.17, 15) is 18.5 Å². The van der Waals surface area contributed by atoms with E-state index in [-0.39, 0.29) is 23.9 Å². The van der Waals surface area contributed by atoms with E-state index in [4.69, 9.17) is 0 Å². The zero-order chi connectivity index (χ0) is 22.6. The van der Waals surface area contributed by atoms with Crippen LogP contribution in [0.2, 0.25) is 0 Å². The number of anilines is 1. The lowest BCUT2D eigenvalue weighted by Gasteiger charge is -2.19. The van der Waals surface area contributed by atoms with Gasteiger partial charge in [-0.25, -0.2) is 8.42 Å². The molecule has 0 unspecified atom stereocenters. The number of nitrogens with zero attached hydrogens (tertiary/aromatic N) is 2. The molecule has 1 aliphatic rings. The highest BCUT2D eigenvalue weighted by molar-refractivity contribution is 7.89. The third-order valence-electron chi connectivity index (χ3n) is 5.27. The minimum atomic E-state index is -3.73. The molecule has 1 N–H and O–H groups in total. The summed E-state index contributed by atoms with van der Waals surface area (Å²) in [4.78, 5) is 14.0. The number of amides is 1. The molecule has 1 aromatic heterocycles. The molecule has 0 spiro atoms. The van der Waals surface area contributed by atoms with Crippen LogP contribution < -0.4 is 5.32 Å². The van der Waals surface area contributed by atoms with Crippen molar-refractivity contribution in [2.75, 3.05) is 18.4 Å². The first-order valence-electron chi connectivity index (χ1n) is 9.99. The van der Waals surface area contributed by atoms with Gasteiger partial charge in [0.2, 0.25) is 10.0 Å². The topological polar surface area (TPSA) is 90.3 Å². The molecule has 1 heterocycles. The Labute approximate surface area is 187 Å². The molecule has 0 fully saturated rings. The SMILES string of the molecule is C=CCN(CC=C)S(=O)(=O)c1ccc(C(=O)Nc2sc3c(c2C#N)CC[C@H](C)C3)cc1. The first kappa shape index (κ1) is 22.9. The largest absolute Gasteiger partial charge is 0.312 e. The number of fused-ring (bicyclic) bond motifs is 1. The van der Waals surface area contributed by atoms with E-state index in [1.54, 1.807) is 0 Å². The van der Waals surface area contributed by atoms with Crippen molar-refractivity contribution in [1.29, 1.82) is 5.26 Å². The fourth-order valence-corrected chi connectivity index (χ4v) is 6.36. The zero-order valence-electron chi connectivity index (χ0n) is 17.4. The van der Waals surface area contributed by atoms with E-state index in [0.717, 1.165) is 29.7 Å². The van der Waals surface area contributed by atoms with Crippen LogP contribution in [0.15, 0.2) is 54.5 Å². The smallest absolute Gasteiger partial charge is 0.256 e. The predicted molar refractivity (Wildman–Crippen MR) is 124 cm³/mol. The highest BCUT2D eigenvalue weighted by atomic mass is 32.2. The first-order chi connectivity index (χ1) is 14.8. The quantitative estimate of drug-likeness (QED) is 0.599. The van der Waals surface area contributed by atoms with Crippen molar-refractivity contribution in [2.45, 2.75) is 31.1 Å². The monoisotopic (exact) mass is 455 g/mol. The van der Waals surface area contributed by atoms with Gasteiger partial charge >= 0.3 is 0 Å². The Kier molecular flexibility index (Phi) is 7.11. The number of sulfonamides is 1. The first-order valence-corrected chi connectivity index (χ1v) is 12.3. The van der Waals surface area contributed by atoms with Gasteiger partial charge in [-0.1, -0.05) is 19.1 Å². The lowest BCUT2D eigenvalue weighted by molar-refractivity contribution is 0.102. The summed E-state index contributed by atoms with van der Waals surface area (Å²) in [6, 6.07) is 8.01. The van der Waals surface area contributed by atoms with Crippen LogP contribution in [-0.2, 0) is 22.9 Å². The molecule has 8 heteroatoms. The molecule has 1 atom stereocenters. The Morgan fingerprint density at radius 1 is 1.29 bits per heavy atom. The molecule has 0 saturated carbocycles. The van der Waals surface area contributed by atoms with Crippen molar-refractivity contribution in [3.05, 3.63) is 71.1 Å². The second-order valence-corrected chi connectivity index (χ2v) is 10.6. The van der Waals surface area contributed by atoms with E-state index in [1.165, 1.54) is 52.1 Å². The predicted octanol–water partition coefficient (Wildman–Crippen LogP) is 4.36. The summed E-state index contributed by atoms with van der Waals surface area (Å²) in [5.74, 6) is 0.193. The maximum atomic E-state index is 12.8. The Balaban J connectivity index is 1.81. The summed E-state index contributed by atoms with van der Waals surface area (Å²) in [6.07, 6.45) is 5.83. The van der Waals surface area contributed by atoms with Gasteiger partial charge in [0.05, 0.1) is 10.5 Å². The number of benzene rings is 1. The summed E-state index contributed by atoms with van der Waals surface area (Å²) < 4.78 is 26.9. The number of nitrogens with one attached hydrogen (secondary N) is 1. The number of rotatable bonds is 8. The highest BCUT2D eigenvalue weighted by Crippen LogP contribution is 2.39. The van der Waals surface area contributed by atoms with E-state index in [0.29, 0.717) is 22.0 Å². The molecular formula is C23H25N3O3S2. The average Bonchev–Trinajstić information content (AvgIpc) is 3.09. The summed E-state index contributed by atoms with van der Waals surface area (Å²) >= 11 is 1.46. The molecule has 2 aromatic rings. The van der Waals surface area contributed by atoms with Crippen LogP contribution in [0, 0.1) is 17.2 Å². The molecule has 3 rings (SSSR count). The van der Waals surface area contributed by atoms with E-state index in [1.807, 2.05) is 0 Å². The summed E-state index contributed by atoms with van der Waals surface area (Å²) in [5.41, 5.74) is 1.91. The van der Waals surface area contributed by atoms with Crippen molar-refractivity contribution < 1.29 is 13.2 Å². The van der Waals surface area contributed by atoms with Crippen LogP contribution in [-0.4, -0.2) is 31.7 Å².